The molecular weight excluding hydrogens is 234 g/mol. The minimum atomic E-state index is -0.595. The number of aliphatic hydroxyl groups excluding tert-OH is 1. The van der Waals surface area contributed by atoms with E-state index in [9.17, 15) is 15.2 Å². The zero-order valence-electron chi connectivity index (χ0n) is 10.3. The smallest absolute Gasteiger partial charge is 0.289 e. The normalized spacial score (nSPS) is 11.9. The number of rotatable bonds is 5. The number of nitrogens with zero attached hydrogens (tertiary/aromatic N) is 2. The van der Waals surface area contributed by atoms with Gasteiger partial charge in [0.1, 0.15) is 11.6 Å². The van der Waals surface area contributed by atoms with Crippen molar-refractivity contribution in [3.63, 3.8) is 0 Å². The van der Waals surface area contributed by atoms with E-state index in [0.717, 1.165) is 0 Å². The molecule has 0 aliphatic heterocycles. The molecule has 0 aliphatic rings. The van der Waals surface area contributed by atoms with Crippen LogP contribution in [0.25, 0.3) is 0 Å². The van der Waals surface area contributed by atoms with Crippen LogP contribution in [0.3, 0.4) is 0 Å². The van der Waals surface area contributed by atoms with Crippen LogP contribution in [0.1, 0.15) is 19.4 Å². The Morgan fingerprint density at radius 1 is 1.56 bits per heavy atom. The molecule has 2 N–H and O–H groups in total. The molecule has 0 spiro atoms. The zero-order valence-corrected chi connectivity index (χ0v) is 10.3. The Morgan fingerprint density at radius 3 is 2.72 bits per heavy atom. The highest BCUT2D eigenvalue weighted by Crippen LogP contribution is 2.22. The molecule has 0 bridgehead atoms. The van der Waals surface area contributed by atoms with Crippen LogP contribution in [-0.2, 0) is 0 Å². The van der Waals surface area contributed by atoms with Gasteiger partial charge in [-0.3, -0.25) is 10.1 Å². The van der Waals surface area contributed by atoms with E-state index in [-0.39, 0.29) is 17.2 Å². The average Bonchev–Trinajstić information content (AvgIpc) is 2.35. The molecule has 0 saturated heterocycles. The largest absolute Gasteiger partial charge is 0.391 e. The van der Waals surface area contributed by atoms with Gasteiger partial charge in [-0.05, 0) is 18.1 Å². The first kappa shape index (κ1) is 13.9. The number of hydrogen-bond acceptors (Lipinski definition) is 5. The molecule has 0 heterocycles. The third kappa shape index (κ3) is 3.43. The third-order valence-electron chi connectivity index (χ3n) is 2.60. The monoisotopic (exact) mass is 249 g/mol. The summed E-state index contributed by atoms with van der Waals surface area (Å²) in [6.45, 7) is 4.07. The predicted molar refractivity (Wildman–Crippen MR) is 67.1 cm³/mol. The highest BCUT2D eigenvalue weighted by atomic mass is 16.6. The van der Waals surface area contributed by atoms with Gasteiger partial charge >= 0.3 is 0 Å². The fourth-order valence-corrected chi connectivity index (χ4v) is 1.35. The molecule has 0 amide bonds. The van der Waals surface area contributed by atoms with Gasteiger partial charge < -0.3 is 10.4 Å². The van der Waals surface area contributed by atoms with Gasteiger partial charge in [0.2, 0.25) is 0 Å². The lowest BCUT2D eigenvalue weighted by atomic mass is 10.1. The van der Waals surface area contributed by atoms with E-state index in [2.05, 4.69) is 5.32 Å². The summed E-state index contributed by atoms with van der Waals surface area (Å²) in [5.74, 6) is 0.103. The van der Waals surface area contributed by atoms with Gasteiger partial charge in [0.25, 0.3) is 5.69 Å². The Labute approximate surface area is 105 Å². The summed E-state index contributed by atoms with van der Waals surface area (Å²) in [4.78, 5) is 10.2. The Bertz CT molecular complexity index is 480. The predicted octanol–water partition coefficient (Wildman–Crippen LogP) is 1.90. The van der Waals surface area contributed by atoms with Gasteiger partial charge in [-0.2, -0.15) is 5.26 Å². The molecule has 1 aromatic rings. The van der Waals surface area contributed by atoms with Crippen molar-refractivity contribution in [2.24, 2.45) is 5.92 Å². The molecule has 1 rings (SSSR count). The Balaban J connectivity index is 2.83. The van der Waals surface area contributed by atoms with Gasteiger partial charge in [0.15, 0.2) is 0 Å². The summed E-state index contributed by atoms with van der Waals surface area (Å²) in [5, 5.41) is 32.0. The molecule has 0 fully saturated rings. The zero-order chi connectivity index (χ0) is 13.7. The molecule has 0 aromatic heterocycles. The topological polar surface area (TPSA) is 99.2 Å². The van der Waals surface area contributed by atoms with Gasteiger partial charge in [-0.1, -0.05) is 13.8 Å². The van der Waals surface area contributed by atoms with Crippen LogP contribution >= 0.6 is 0 Å². The van der Waals surface area contributed by atoms with Crippen LogP contribution in [-0.4, -0.2) is 22.7 Å². The summed E-state index contributed by atoms with van der Waals surface area (Å²) < 4.78 is 0. The van der Waals surface area contributed by atoms with Gasteiger partial charge in [-0.25, -0.2) is 0 Å². The van der Waals surface area contributed by atoms with Crippen LogP contribution < -0.4 is 5.32 Å². The molecule has 1 aromatic carbocycles. The van der Waals surface area contributed by atoms with Gasteiger partial charge in [-0.15, -0.1) is 0 Å². The minimum Gasteiger partial charge on any atom is -0.391 e. The molecule has 0 saturated carbocycles. The van der Waals surface area contributed by atoms with Gasteiger partial charge in [0, 0.05) is 18.3 Å². The molecule has 0 radical (unpaired) electrons. The number of benzene rings is 1. The van der Waals surface area contributed by atoms with Crippen LogP contribution in [0.5, 0.6) is 0 Å². The van der Waals surface area contributed by atoms with Crippen molar-refractivity contribution in [2.45, 2.75) is 20.0 Å². The summed E-state index contributed by atoms with van der Waals surface area (Å²) in [7, 11) is 0. The van der Waals surface area contributed by atoms with Crippen LogP contribution in [0.4, 0.5) is 11.4 Å². The highest BCUT2D eigenvalue weighted by molar-refractivity contribution is 5.59. The van der Waals surface area contributed by atoms with E-state index < -0.39 is 11.0 Å². The summed E-state index contributed by atoms with van der Waals surface area (Å²) in [5.41, 5.74) is 0.303. The van der Waals surface area contributed by atoms with E-state index in [0.29, 0.717) is 12.2 Å². The van der Waals surface area contributed by atoms with E-state index >= 15 is 0 Å². The average molecular weight is 249 g/mol. The van der Waals surface area contributed by atoms with E-state index in [1.807, 2.05) is 13.8 Å². The van der Waals surface area contributed by atoms with E-state index in [4.69, 9.17) is 5.26 Å². The lowest BCUT2D eigenvalue weighted by Gasteiger charge is -2.15. The summed E-state index contributed by atoms with van der Waals surface area (Å²) >= 11 is 0. The maximum Gasteiger partial charge on any atom is 0.289 e. The second-order valence-electron chi connectivity index (χ2n) is 4.29. The summed E-state index contributed by atoms with van der Waals surface area (Å²) in [6.07, 6.45) is -0.528. The first-order valence-electron chi connectivity index (χ1n) is 5.56. The number of nitro benzene ring substituents is 1. The Morgan fingerprint density at radius 2 is 2.22 bits per heavy atom. The van der Waals surface area contributed by atoms with Crippen molar-refractivity contribution in [1.29, 1.82) is 5.26 Å². The highest BCUT2D eigenvalue weighted by Gasteiger charge is 2.15. The maximum absolute atomic E-state index is 10.8. The van der Waals surface area contributed by atoms with Crippen LogP contribution in [0, 0.1) is 27.4 Å². The number of nitrogens with one attached hydrogen (secondary N) is 1. The SMILES string of the molecule is CC(C)C(O)CNc1ccc(C#N)c([N+](=O)[O-])c1. The number of nitro groups is 1. The maximum atomic E-state index is 10.8. The Kier molecular flexibility index (Phi) is 4.63. The second kappa shape index (κ2) is 5.98. The number of nitriles is 1. The quantitative estimate of drug-likeness (QED) is 0.613. The standard InChI is InChI=1S/C12H15N3O3/c1-8(2)12(16)7-14-10-4-3-9(6-13)11(5-10)15(17)18/h3-5,8,12,14,16H,7H2,1-2H3. The van der Waals surface area contributed by atoms with Crippen molar-refractivity contribution < 1.29 is 10.0 Å². The molecular formula is C12H15N3O3. The first-order chi connectivity index (χ1) is 8.45. The molecule has 1 atom stereocenters. The number of hydrogen-bond donors (Lipinski definition) is 2. The lowest BCUT2D eigenvalue weighted by Crippen LogP contribution is -2.24. The van der Waals surface area contributed by atoms with Crippen molar-refractivity contribution in [3.05, 3.63) is 33.9 Å². The molecule has 96 valence electrons. The van der Waals surface area contributed by atoms with Crippen molar-refractivity contribution in [1.82, 2.24) is 0 Å². The molecule has 18 heavy (non-hydrogen) atoms. The van der Waals surface area contributed by atoms with Crippen molar-refractivity contribution in [2.75, 3.05) is 11.9 Å². The van der Waals surface area contributed by atoms with E-state index in [1.165, 1.54) is 12.1 Å². The van der Waals surface area contributed by atoms with Crippen LogP contribution in [0.2, 0.25) is 0 Å². The first-order valence-corrected chi connectivity index (χ1v) is 5.56. The van der Waals surface area contributed by atoms with Crippen LogP contribution in [0.15, 0.2) is 18.2 Å². The summed E-state index contributed by atoms with van der Waals surface area (Å²) in [6, 6.07) is 6.04. The number of aliphatic hydroxyl groups is 1. The van der Waals surface area contributed by atoms with Crippen molar-refractivity contribution in [3.8, 4) is 6.07 Å². The number of anilines is 1. The van der Waals surface area contributed by atoms with Crippen molar-refractivity contribution >= 4 is 11.4 Å². The van der Waals surface area contributed by atoms with Gasteiger partial charge in [0.05, 0.1) is 11.0 Å². The molecule has 6 nitrogen and oxygen atoms in total. The third-order valence-corrected chi connectivity index (χ3v) is 2.60. The lowest BCUT2D eigenvalue weighted by molar-refractivity contribution is -0.385. The minimum absolute atomic E-state index is 0.0231. The molecule has 6 heteroatoms. The molecule has 0 aliphatic carbocycles. The fourth-order valence-electron chi connectivity index (χ4n) is 1.35. The Hall–Kier alpha value is -2.13. The second-order valence-corrected chi connectivity index (χ2v) is 4.29. The molecule has 1 unspecified atom stereocenters. The van der Waals surface area contributed by atoms with E-state index in [1.54, 1.807) is 12.1 Å². The fraction of sp³-hybridized carbons (Fsp3) is 0.417.